The lowest BCUT2D eigenvalue weighted by Crippen LogP contribution is -2.16. The average molecular weight is 780 g/mol. The van der Waals surface area contributed by atoms with Crippen LogP contribution in [0.2, 0.25) is 0 Å². The Morgan fingerprint density at radius 1 is 0.361 bits per heavy atom. The quantitative estimate of drug-likeness (QED) is 0.167. The first kappa shape index (κ1) is 35.3. The van der Waals surface area contributed by atoms with Crippen LogP contribution >= 0.6 is 0 Å². The molecule has 1 aromatic heterocycles. The van der Waals surface area contributed by atoms with Crippen LogP contribution < -0.4 is 4.90 Å². The van der Waals surface area contributed by atoms with Crippen molar-refractivity contribution in [2.45, 2.75) is 19.3 Å². The molecule has 1 aliphatic rings. The van der Waals surface area contributed by atoms with Gasteiger partial charge in [-0.05, 0) is 126 Å². The van der Waals surface area contributed by atoms with Crippen LogP contribution in [0.1, 0.15) is 25.0 Å². The molecule has 0 N–H and O–H groups in total. The Morgan fingerprint density at radius 2 is 0.967 bits per heavy atom. The predicted octanol–water partition coefficient (Wildman–Crippen LogP) is 16.7. The topological polar surface area (TPSA) is 16.4 Å². The predicted molar refractivity (Wildman–Crippen MR) is 257 cm³/mol. The highest BCUT2D eigenvalue weighted by Crippen LogP contribution is 2.51. The molecule has 0 saturated heterocycles. The van der Waals surface area contributed by atoms with Gasteiger partial charge < -0.3 is 9.32 Å². The molecule has 1 aliphatic carbocycles. The van der Waals surface area contributed by atoms with Gasteiger partial charge in [0.2, 0.25) is 0 Å². The summed E-state index contributed by atoms with van der Waals surface area (Å²) in [6.45, 7) is 4.70. The molecule has 0 amide bonds. The Balaban J connectivity index is 1.02. The maximum Gasteiger partial charge on any atom is 0.143 e. The second-order valence-electron chi connectivity index (χ2n) is 16.9. The van der Waals surface area contributed by atoms with Gasteiger partial charge in [0.15, 0.2) is 0 Å². The molecule has 12 rings (SSSR count). The van der Waals surface area contributed by atoms with Crippen LogP contribution in [-0.2, 0) is 5.41 Å². The lowest BCUT2D eigenvalue weighted by atomic mass is 9.82. The van der Waals surface area contributed by atoms with Crippen LogP contribution in [0.4, 0.5) is 17.1 Å². The largest absolute Gasteiger partial charge is 0.455 e. The van der Waals surface area contributed by atoms with E-state index in [9.17, 15) is 0 Å². The van der Waals surface area contributed by atoms with E-state index in [1.54, 1.807) is 0 Å². The first-order chi connectivity index (χ1) is 30.0. The van der Waals surface area contributed by atoms with Crippen molar-refractivity contribution in [1.82, 2.24) is 0 Å². The number of furan rings is 1. The molecule has 2 heteroatoms. The van der Waals surface area contributed by atoms with Gasteiger partial charge in [-0.3, -0.25) is 0 Å². The maximum absolute atomic E-state index is 6.96. The maximum atomic E-state index is 6.96. The smallest absolute Gasteiger partial charge is 0.143 e. The number of benzene rings is 10. The van der Waals surface area contributed by atoms with Crippen molar-refractivity contribution in [3.8, 4) is 44.5 Å². The van der Waals surface area contributed by atoms with Crippen LogP contribution in [0.3, 0.4) is 0 Å². The van der Waals surface area contributed by atoms with Gasteiger partial charge in [0, 0.05) is 38.6 Å². The third-order valence-corrected chi connectivity index (χ3v) is 13.0. The standard InChI is InChI=1S/C59H41NO/c1-59(2)54-24-14-13-22-48(54)49-32-31-46(36-55(49)59)60(45-30-27-38-15-9-10-20-42(38)33-45)44-28-25-39(26-29-44)43-34-52(41-18-7-4-8-19-41)57-53-37-51(40-16-5-3-6-17-40)47-21-11-12-23-50(47)58(53)61-56(57)35-43/h3-37H,1-2H3. The molecule has 11 aromatic rings. The van der Waals surface area contributed by atoms with Crippen LogP contribution in [0.25, 0.3) is 88.0 Å². The summed E-state index contributed by atoms with van der Waals surface area (Å²) >= 11 is 0. The summed E-state index contributed by atoms with van der Waals surface area (Å²) in [7, 11) is 0. The van der Waals surface area contributed by atoms with Crippen molar-refractivity contribution in [2.75, 3.05) is 4.90 Å². The van der Waals surface area contributed by atoms with Gasteiger partial charge in [-0.15, -0.1) is 0 Å². The molecule has 0 aliphatic heterocycles. The molecule has 0 atom stereocenters. The normalized spacial score (nSPS) is 12.9. The molecule has 288 valence electrons. The molecule has 0 radical (unpaired) electrons. The van der Waals surface area contributed by atoms with E-state index in [4.69, 9.17) is 4.42 Å². The summed E-state index contributed by atoms with van der Waals surface area (Å²) in [5.41, 5.74) is 17.4. The zero-order chi connectivity index (χ0) is 40.7. The summed E-state index contributed by atoms with van der Waals surface area (Å²) in [6.07, 6.45) is 0. The summed E-state index contributed by atoms with van der Waals surface area (Å²) in [4.78, 5) is 2.41. The molecular formula is C59H41NO. The molecule has 61 heavy (non-hydrogen) atoms. The Kier molecular flexibility index (Phi) is 7.92. The molecule has 0 unspecified atom stereocenters. The summed E-state index contributed by atoms with van der Waals surface area (Å²) in [6, 6.07) is 77.3. The zero-order valence-corrected chi connectivity index (χ0v) is 34.1. The van der Waals surface area contributed by atoms with Crippen molar-refractivity contribution < 1.29 is 4.42 Å². The Morgan fingerprint density at radius 3 is 1.75 bits per heavy atom. The first-order valence-corrected chi connectivity index (χ1v) is 21.2. The summed E-state index contributed by atoms with van der Waals surface area (Å²) < 4.78 is 6.96. The third-order valence-electron chi connectivity index (χ3n) is 13.0. The van der Waals surface area contributed by atoms with Crippen LogP contribution in [-0.4, -0.2) is 0 Å². The summed E-state index contributed by atoms with van der Waals surface area (Å²) in [5, 5.41) is 7.00. The van der Waals surface area contributed by atoms with Crippen LogP contribution in [0.5, 0.6) is 0 Å². The van der Waals surface area contributed by atoms with Gasteiger partial charge in [-0.1, -0.05) is 172 Å². The lowest BCUT2D eigenvalue weighted by molar-refractivity contribution is 0.660. The van der Waals surface area contributed by atoms with Crippen molar-refractivity contribution in [1.29, 1.82) is 0 Å². The molecule has 1 heterocycles. The number of anilines is 3. The molecule has 10 aromatic carbocycles. The van der Waals surface area contributed by atoms with Crippen molar-refractivity contribution in [2.24, 2.45) is 0 Å². The minimum atomic E-state index is -0.109. The van der Waals surface area contributed by atoms with E-state index in [1.165, 1.54) is 49.5 Å². The van der Waals surface area contributed by atoms with Gasteiger partial charge in [0.25, 0.3) is 0 Å². The molecule has 2 nitrogen and oxygen atoms in total. The molecule has 0 saturated carbocycles. The molecule has 0 bridgehead atoms. The van der Waals surface area contributed by atoms with E-state index in [0.717, 1.165) is 66.6 Å². The highest BCUT2D eigenvalue weighted by molar-refractivity contribution is 6.22. The van der Waals surface area contributed by atoms with E-state index in [1.807, 2.05) is 0 Å². The number of hydrogen-bond donors (Lipinski definition) is 0. The molecule has 0 spiro atoms. The monoisotopic (exact) mass is 779 g/mol. The van der Waals surface area contributed by atoms with Gasteiger partial charge in [-0.25, -0.2) is 0 Å². The average Bonchev–Trinajstić information content (AvgIpc) is 3.81. The Bertz CT molecular complexity index is 3490. The third kappa shape index (κ3) is 5.64. The SMILES string of the molecule is CC1(C)c2ccccc2-c2ccc(N(c3ccc(-c4cc(-c5ccccc5)c5c(c4)oc4c6ccccc6c(-c6ccccc6)cc45)cc3)c3ccc4ccccc4c3)cc21. The minimum Gasteiger partial charge on any atom is -0.455 e. The number of rotatable bonds is 6. The van der Waals surface area contributed by atoms with E-state index in [2.05, 4.69) is 231 Å². The second kappa shape index (κ2) is 13.7. The van der Waals surface area contributed by atoms with Gasteiger partial charge in [0.1, 0.15) is 11.2 Å². The first-order valence-electron chi connectivity index (χ1n) is 21.2. The van der Waals surface area contributed by atoms with E-state index in [0.29, 0.717) is 0 Å². The Labute approximate surface area is 355 Å². The van der Waals surface area contributed by atoms with Crippen molar-refractivity contribution in [3.63, 3.8) is 0 Å². The van der Waals surface area contributed by atoms with Crippen LogP contribution in [0.15, 0.2) is 217 Å². The second-order valence-corrected chi connectivity index (χ2v) is 16.9. The van der Waals surface area contributed by atoms with E-state index < -0.39 is 0 Å². The van der Waals surface area contributed by atoms with E-state index >= 15 is 0 Å². The zero-order valence-electron chi connectivity index (χ0n) is 34.1. The summed E-state index contributed by atoms with van der Waals surface area (Å²) in [5.74, 6) is 0. The van der Waals surface area contributed by atoms with Crippen molar-refractivity contribution >= 4 is 60.5 Å². The fourth-order valence-corrected chi connectivity index (χ4v) is 9.99. The van der Waals surface area contributed by atoms with Crippen molar-refractivity contribution in [3.05, 3.63) is 223 Å². The minimum absolute atomic E-state index is 0.109. The van der Waals surface area contributed by atoms with Gasteiger partial charge >= 0.3 is 0 Å². The molecular weight excluding hydrogens is 739 g/mol. The molecule has 0 fully saturated rings. The highest BCUT2D eigenvalue weighted by Gasteiger charge is 2.35. The number of hydrogen-bond acceptors (Lipinski definition) is 2. The fourth-order valence-electron chi connectivity index (χ4n) is 9.99. The Hall–Kier alpha value is -7.68. The number of fused-ring (bicyclic) bond motifs is 9. The van der Waals surface area contributed by atoms with Gasteiger partial charge in [-0.2, -0.15) is 0 Å². The lowest BCUT2D eigenvalue weighted by Gasteiger charge is -2.28. The van der Waals surface area contributed by atoms with Gasteiger partial charge in [0.05, 0.1) is 0 Å². The van der Waals surface area contributed by atoms with Crippen LogP contribution in [0, 0.1) is 0 Å². The highest BCUT2D eigenvalue weighted by atomic mass is 16.3. The number of nitrogens with zero attached hydrogens (tertiary/aromatic N) is 1. The van der Waals surface area contributed by atoms with E-state index in [-0.39, 0.29) is 5.41 Å². The fraction of sp³-hybridized carbons (Fsp3) is 0.0508.